The van der Waals surface area contributed by atoms with Gasteiger partial charge in [-0.05, 0) is 13.8 Å². The predicted octanol–water partition coefficient (Wildman–Crippen LogP) is 1.66. The van der Waals surface area contributed by atoms with E-state index in [0.29, 0.717) is 18.1 Å². The highest BCUT2D eigenvalue weighted by Gasteiger charge is 2.12. The molecule has 1 radical (unpaired) electrons. The van der Waals surface area contributed by atoms with E-state index in [2.05, 4.69) is 11.3 Å². The van der Waals surface area contributed by atoms with Crippen LogP contribution in [-0.4, -0.2) is 22.8 Å². The van der Waals surface area contributed by atoms with Crippen molar-refractivity contribution in [2.75, 3.05) is 6.61 Å². The summed E-state index contributed by atoms with van der Waals surface area (Å²) in [5.74, 6) is 0.378. The number of hydrogen-bond donors (Lipinski definition) is 0. The fourth-order valence-electron chi connectivity index (χ4n) is 0.996. The van der Waals surface area contributed by atoms with Gasteiger partial charge in [-0.1, -0.05) is 0 Å². The van der Waals surface area contributed by atoms with Gasteiger partial charge in [0.15, 0.2) is 0 Å². The molecule has 1 heterocycles. The van der Waals surface area contributed by atoms with Gasteiger partial charge in [-0.2, -0.15) is 5.10 Å². The summed E-state index contributed by atoms with van der Waals surface area (Å²) in [4.78, 5) is 0. The zero-order valence-electron chi connectivity index (χ0n) is 7.55. The molecule has 3 nitrogen and oxygen atoms in total. The summed E-state index contributed by atoms with van der Waals surface area (Å²) in [6.07, 6.45) is 0.158. The highest BCUT2D eigenvalue weighted by atomic mass is 19.3. The van der Waals surface area contributed by atoms with Gasteiger partial charge >= 0.3 is 0 Å². The Morgan fingerprint density at radius 3 is 2.85 bits per heavy atom. The zero-order valence-corrected chi connectivity index (χ0v) is 7.55. The van der Waals surface area contributed by atoms with Crippen molar-refractivity contribution >= 4 is 0 Å². The first-order valence-corrected chi connectivity index (χ1v) is 4.01. The topological polar surface area (TPSA) is 27.1 Å². The SMILES string of the molecule is CCOc1c(C)[c]nn1CC(F)F. The fraction of sp³-hybridized carbons (Fsp3) is 0.625. The number of rotatable bonds is 4. The molecular formula is C8H11F2N2O. The maximum atomic E-state index is 12.0. The molecule has 73 valence electrons. The minimum atomic E-state index is -2.42. The van der Waals surface area contributed by atoms with E-state index in [0.717, 1.165) is 4.68 Å². The Balaban J connectivity index is 2.80. The molecule has 0 aromatic carbocycles. The summed E-state index contributed by atoms with van der Waals surface area (Å²) in [7, 11) is 0. The molecule has 0 saturated carbocycles. The van der Waals surface area contributed by atoms with E-state index in [1.165, 1.54) is 0 Å². The lowest BCUT2D eigenvalue weighted by atomic mass is 10.4. The van der Waals surface area contributed by atoms with Gasteiger partial charge in [0.2, 0.25) is 5.88 Å². The van der Waals surface area contributed by atoms with Crippen LogP contribution in [0.15, 0.2) is 0 Å². The number of nitrogens with zero attached hydrogens (tertiary/aromatic N) is 2. The van der Waals surface area contributed by atoms with Gasteiger partial charge in [-0.3, -0.25) is 0 Å². The van der Waals surface area contributed by atoms with Crippen molar-refractivity contribution in [2.45, 2.75) is 26.8 Å². The van der Waals surface area contributed by atoms with Gasteiger partial charge in [0.05, 0.1) is 6.61 Å². The van der Waals surface area contributed by atoms with Crippen LogP contribution in [0.1, 0.15) is 12.5 Å². The van der Waals surface area contributed by atoms with E-state index in [1.54, 1.807) is 13.8 Å². The Morgan fingerprint density at radius 2 is 2.31 bits per heavy atom. The number of hydrogen-bond acceptors (Lipinski definition) is 2. The molecule has 0 aliphatic heterocycles. The van der Waals surface area contributed by atoms with Gasteiger partial charge in [0, 0.05) is 5.56 Å². The second-order valence-corrected chi connectivity index (χ2v) is 2.55. The van der Waals surface area contributed by atoms with Crippen LogP contribution in [0.5, 0.6) is 5.88 Å². The van der Waals surface area contributed by atoms with Crippen molar-refractivity contribution in [3.63, 3.8) is 0 Å². The summed E-state index contributed by atoms with van der Waals surface area (Å²) in [6, 6.07) is 0. The molecule has 0 unspecified atom stereocenters. The third-order valence-electron chi connectivity index (χ3n) is 1.49. The molecule has 0 bridgehead atoms. The number of ether oxygens (including phenoxy) is 1. The van der Waals surface area contributed by atoms with E-state index in [9.17, 15) is 8.78 Å². The standard InChI is InChI=1S/C8H11F2N2O/c1-3-13-8-6(2)4-11-12(8)5-7(9)10/h7H,3,5H2,1-2H3. The Kier molecular flexibility index (Phi) is 3.22. The zero-order chi connectivity index (χ0) is 9.84. The van der Waals surface area contributed by atoms with E-state index in [-0.39, 0.29) is 0 Å². The summed E-state index contributed by atoms with van der Waals surface area (Å²) in [6.45, 7) is 3.50. The van der Waals surface area contributed by atoms with Crippen LogP contribution in [0.3, 0.4) is 0 Å². The molecule has 0 aliphatic carbocycles. The van der Waals surface area contributed by atoms with E-state index in [1.807, 2.05) is 0 Å². The fourth-order valence-corrected chi connectivity index (χ4v) is 0.996. The molecule has 1 aromatic rings. The average molecular weight is 189 g/mol. The number of aromatic nitrogens is 2. The second kappa shape index (κ2) is 4.20. The summed E-state index contributed by atoms with van der Waals surface area (Å²) < 4.78 is 30.3. The predicted molar refractivity (Wildman–Crippen MR) is 43.0 cm³/mol. The van der Waals surface area contributed by atoms with Crippen LogP contribution in [0.2, 0.25) is 0 Å². The van der Waals surface area contributed by atoms with Crippen LogP contribution < -0.4 is 4.74 Å². The second-order valence-electron chi connectivity index (χ2n) is 2.55. The Hall–Kier alpha value is -1.13. The first kappa shape index (κ1) is 9.95. The third-order valence-corrected chi connectivity index (χ3v) is 1.49. The number of alkyl halides is 2. The van der Waals surface area contributed by atoms with E-state index >= 15 is 0 Å². The Bertz CT molecular complexity index is 273. The molecule has 0 atom stereocenters. The van der Waals surface area contributed by atoms with Crippen molar-refractivity contribution in [2.24, 2.45) is 0 Å². The molecule has 0 aliphatic rings. The average Bonchev–Trinajstić information content (AvgIpc) is 2.35. The quantitative estimate of drug-likeness (QED) is 0.720. The highest BCUT2D eigenvalue weighted by molar-refractivity contribution is 5.21. The van der Waals surface area contributed by atoms with Crippen LogP contribution in [0.25, 0.3) is 0 Å². The minimum absolute atomic E-state index is 0.378. The van der Waals surface area contributed by atoms with Gasteiger partial charge in [-0.25, -0.2) is 13.5 Å². The van der Waals surface area contributed by atoms with Crippen molar-refractivity contribution < 1.29 is 13.5 Å². The number of aryl methyl sites for hydroxylation is 1. The van der Waals surface area contributed by atoms with E-state index < -0.39 is 13.0 Å². The lowest BCUT2D eigenvalue weighted by Gasteiger charge is -2.07. The van der Waals surface area contributed by atoms with Crippen LogP contribution >= 0.6 is 0 Å². The first-order valence-electron chi connectivity index (χ1n) is 4.01. The largest absolute Gasteiger partial charge is 0.478 e. The maximum Gasteiger partial charge on any atom is 0.258 e. The molecule has 1 aromatic heterocycles. The third kappa shape index (κ3) is 2.40. The van der Waals surface area contributed by atoms with Crippen LogP contribution in [-0.2, 0) is 6.54 Å². The monoisotopic (exact) mass is 189 g/mol. The van der Waals surface area contributed by atoms with Crippen molar-refractivity contribution in [3.05, 3.63) is 11.8 Å². The summed E-state index contributed by atoms with van der Waals surface area (Å²) in [5.41, 5.74) is 0.655. The molecule has 13 heavy (non-hydrogen) atoms. The van der Waals surface area contributed by atoms with Crippen LogP contribution in [0.4, 0.5) is 8.78 Å². The summed E-state index contributed by atoms with van der Waals surface area (Å²) in [5, 5.41) is 3.66. The summed E-state index contributed by atoms with van der Waals surface area (Å²) >= 11 is 0. The number of halogens is 2. The van der Waals surface area contributed by atoms with Crippen LogP contribution in [0, 0.1) is 13.1 Å². The Labute approximate surface area is 75.3 Å². The molecule has 0 N–H and O–H groups in total. The van der Waals surface area contributed by atoms with Gasteiger partial charge in [0.1, 0.15) is 12.7 Å². The first-order chi connectivity index (χ1) is 6.15. The van der Waals surface area contributed by atoms with Gasteiger partial charge in [0.25, 0.3) is 6.43 Å². The van der Waals surface area contributed by atoms with E-state index in [4.69, 9.17) is 4.74 Å². The molecule has 0 amide bonds. The maximum absolute atomic E-state index is 12.0. The molecular weight excluding hydrogens is 178 g/mol. The van der Waals surface area contributed by atoms with Crippen molar-refractivity contribution in [3.8, 4) is 5.88 Å². The lowest BCUT2D eigenvalue weighted by Crippen LogP contribution is -2.10. The normalized spacial score (nSPS) is 10.8. The lowest BCUT2D eigenvalue weighted by molar-refractivity contribution is 0.116. The smallest absolute Gasteiger partial charge is 0.258 e. The van der Waals surface area contributed by atoms with Gasteiger partial charge in [-0.15, -0.1) is 0 Å². The van der Waals surface area contributed by atoms with Gasteiger partial charge < -0.3 is 4.74 Å². The molecule has 1 rings (SSSR count). The minimum Gasteiger partial charge on any atom is -0.478 e. The Morgan fingerprint density at radius 1 is 1.62 bits per heavy atom. The molecule has 5 heteroatoms. The van der Waals surface area contributed by atoms with Crippen molar-refractivity contribution in [1.29, 1.82) is 0 Å². The molecule has 0 spiro atoms. The molecule has 0 fully saturated rings. The highest BCUT2D eigenvalue weighted by Crippen LogP contribution is 2.17. The molecule has 0 saturated heterocycles. The van der Waals surface area contributed by atoms with Crippen molar-refractivity contribution in [1.82, 2.24) is 9.78 Å².